The number of carboxylic acid groups (broad SMARTS) is 1. The summed E-state index contributed by atoms with van der Waals surface area (Å²) in [5.41, 5.74) is 0. The van der Waals surface area contributed by atoms with Gasteiger partial charge in [0.1, 0.15) is 6.04 Å². The summed E-state index contributed by atoms with van der Waals surface area (Å²) in [4.78, 5) is 24.8. The molecular weight excluding hydrogens is 264 g/mol. The molecule has 1 aliphatic rings. The number of carbonyl (C=O) groups is 2. The first-order chi connectivity index (χ1) is 8.97. The first kappa shape index (κ1) is 16.1. The smallest absolute Gasteiger partial charge is 0.327 e. The number of thioether (sulfide) groups is 1. The summed E-state index contributed by atoms with van der Waals surface area (Å²) in [7, 11) is 0. The fraction of sp³-hybridized carbons (Fsp3) is 0.846. The molecule has 0 aromatic rings. The number of rotatable bonds is 6. The molecule has 0 bridgehead atoms. The van der Waals surface area contributed by atoms with Crippen molar-refractivity contribution in [3.8, 4) is 0 Å². The van der Waals surface area contributed by atoms with Gasteiger partial charge < -0.3 is 10.4 Å². The van der Waals surface area contributed by atoms with Crippen LogP contribution in [0.5, 0.6) is 0 Å². The van der Waals surface area contributed by atoms with Crippen molar-refractivity contribution in [2.45, 2.75) is 51.4 Å². The molecule has 2 N–H and O–H groups in total. The van der Waals surface area contributed by atoms with Gasteiger partial charge in [-0.1, -0.05) is 20.8 Å². The number of hydrogen-bond acceptors (Lipinski definition) is 3. The topological polar surface area (TPSA) is 69.6 Å². The number of nitrogens with one attached hydrogen (secondary N) is 1. The Morgan fingerprint density at radius 1 is 1.47 bits per heavy atom. The van der Waals surface area contributed by atoms with E-state index in [1.165, 1.54) is 4.90 Å². The summed E-state index contributed by atoms with van der Waals surface area (Å²) in [6, 6.07) is -0.937. The predicted octanol–water partition coefficient (Wildman–Crippen LogP) is 2.37. The van der Waals surface area contributed by atoms with Gasteiger partial charge in [-0.25, -0.2) is 9.59 Å². The second-order valence-corrected chi connectivity index (χ2v) is 6.44. The molecule has 0 aromatic carbocycles. The summed E-state index contributed by atoms with van der Waals surface area (Å²) in [6.07, 6.45) is 2.77. The number of carbonyl (C=O) groups excluding carboxylic acids is 1. The van der Waals surface area contributed by atoms with E-state index in [9.17, 15) is 9.59 Å². The molecular formula is C13H24N2O3S. The summed E-state index contributed by atoms with van der Waals surface area (Å²) in [6.45, 7) is 6.88. The highest BCUT2D eigenvalue weighted by molar-refractivity contribution is 8.00. The minimum absolute atomic E-state index is 0.0220. The average molecular weight is 288 g/mol. The molecule has 0 aliphatic carbocycles. The summed E-state index contributed by atoms with van der Waals surface area (Å²) < 4.78 is 0. The van der Waals surface area contributed by atoms with Crippen LogP contribution in [0, 0.1) is 5.92 Å². The van der Waals surface area contributed by atoms with Crippen LogP contribution in [0.1, 0.15) is 40.0 Å². The maximum atomic E-state index is 12.1. The molecule has 1 fully saturated rings. The second-order valence-electron chi connectivity index (χ2n) is 5.23. The van der Waals surface area contributed by atoms with Crippen molar-refractivity contribution in [2.24, 2.45) is 5.92 Å². The summed E-state index contributed by atoms with van der Waals surface area (Å²) >= 11 is 1.54. The van der Waals surface area contributed by atoms with E-state index < -0.39 is 12.0 Å². The van der Waals surface area contributed by atoms with Gasteiger partial charge in [-0.2, -0.15) is 0 Å². The molecule has 0 spiro atoms. The maximum Gasteiger partial charge on any atom is 0.327 e. The number of aliphatic carboxylic acids is 1. The second kappa shape index (κ2) is 7.62. The molecule has 1 aliphatic heterocycles. The lowest BCUT2D eigenvalue weighted by Crippen LogP contribution is -2.50. The lowest BCUT2D eigenvalue weighted by molar-refractivity contribution is -0.141. The zero-order chi connectivity index (χ0) is 14.4. The summed E-state index contributed by atoms with van der Waals surface area (Å²) in [5.74, 6) is 0.183. The van der Waals surface area contributed by atoms with Gasteiger partial charge in [-0.05, 0) is 25.2 Å². The highest BCUT2D eigenvalue weighted by Crippen LogP contribution is 2.31. The summed E-state index contributed by atoms with van der Waals surface area (Å²) in [5, 5.41) is 12.0. The van der Waals surface area contributed by atoms with E-state index in [-0.39, 0.29) is 11.4 Å². The lowest BCUT2D eigenvalue weighted by atomic mass is 10.1. The molecule has 110 valence electrons. The number of hydrogen-bond donors (Lipinski definition) is 2. The van der Waals surface area contributed by atoms with Gasteiger partial charge in [-0.15, -0.1) is 11.8 Å². The van der Waals surface area contributed by atoms with Gasteiger partial charge in [0.05, 0.1) is 5.37 Å². The van der Waals surface area contributed by atoms with Crippen molar-refractivity contribution < 1.29 is 14.7 Å². The third-order valence-corrected chi connectivity index (χ3v) is 4.65. The van der Waals surface area contributed by atoms with E-state index in [0.29, 0.717) is 18.2 Å². The van der Waals surface area contributed by atoms with E-state index >= 15 is 0 Å². The molecule has 5 nitrogen and oxygen atoms in total. The van der Waals surface area contributed by atoms with Gasteiger partial charge in [0.15, 0.2) is 0 Å². The first-order valence-corrected chi connectivity index (χ1v) is 7.92. The van der Waals surface area contributed by atoms with Crippen molar-refractivity contribution in [1.82, 2.24) is 10.2 Å². The Morgan fingerprint density at radius 2 is 2.16 bits per heavy atom. The van der Waals surface area contributed by atoms with Crippen molar-refractivity contribution in [2.75, 3.05) is 12.3 Å². The van der Waals surface area contributed by atoms with Crippen molar-refractivity contribution in [3.05, 3.63) is 0 Å². The van der Waals surface area contributed by atoms with E-state index in [4.69, 9.17) is 5.11 Å². The van der Waals surface area contributed by atoms with Crippen LogP contribution in [0.2, 0.25) is 0 Å². The quantitative estimate of drug-likeness (QED) is 0.736. The number of nitrogens with zero attached hydrogens (tertiary/aromatic N) is 1. The largest absolute Gasteiger partial charge is 0.480 e. The normalized spacial score (nSPS) is 22.8. The van der Waals surface area contributed by atoms with Gasteiger partial charge in [0.2, 0.25) is 0 Å². The molecule has 6 heteroatoms. The molecule has 1 saturated heterocycles. The van der Waals surface area contributed by atoms with E-state index in [0.717, 1.165) is 19.3 Å². The Bertz CT molecular complexity index is 323. The van der Waals surface area contributed by atoms with Crippen molar-refractivity contribution in [3.63, 3.8) is 0 Å². The predicted molar refractivity (Wildman–Crippen MR) is 77.3 cm³/mol. The molecule has 0 aromatic heterocycles. The van der Waals surface area contributed by atoms with Gasteiger partial charge in [0.25, 0.3) is 0 Å². The van der Waals surface area contributed by atoms with Gasteiger partial charge in [0, 0.05) is 12.3 Å². The zero-order valence-electron chi connectivity index (χ0n) is 11.9. The fourth-order valence-electron chi connectivity index (χ4n) is 2.14. The zero-order valence-corrected chi connectivity index (χ0v) is 12.7. The fourth-order valence-corrected chi connectivity index (χ4v) is 3.48. The van der Waals surface area contributed by atoms with Gasteiger partial charge >= 0.3 is 12.0 Å². The van der Waals surface area contributed by atoms with Crippen LogP contribution in [-0.4, -0.2) is 45.7 Å². The van der Waals surface area contributed by atoms with Crippen LogP contribution < -0.4 is 5.32 Å². The standard InChI is InChI=1S/C13H24N2O3S/c1-4-11-15(10(8-19-11)12(16)17)13(18)14-7-5-6-9(2)3/h9-11H,4-8H2,1-3H3,(H,14,18)(H,16,17). The molecule has 1 rings (SSSR count). The van der Waals surface area contributed by atoms with Crippen LogP contribution in [0.15, 0.2) is 0 Å². The minimum atomic E-state index is -0.916. The molecule has 0 saturated carbocycles. The van der Waals surface area contributed by atoms with E-state index in [1.54, 1.807) is 11.8 Å². The molecule has 2 atom stereocenters. The number of urea groups is 1. The number of carboxylic acids is 1. The average Bonchev–Trinajstić information content (AvgIpc) is 2.77. The lowest BCUT2D eigenvalue weighted by Gasteiger charge is -2.26. The van der Waals surface area contributed by atoms with Gasteiger partial charge in [-0.3, -0.25) is 4.90 Å². The Kier molecular flexibility index (Phi) is 6.48. The number of amides is 2. The third kappa shape index (κ3) is 4.60. The SMILES string of the molecule is CCC1SCC(C(=O)O)N1C(=O)NCCCC(C)C. The maximum absolute atomic E-state index is 12.1. The van der Waals surface area contributed by atoms with Crippen LogP contribution in [-0.2, 0) is 4.79 Å². The van der Waals surface area contributed by atoms with E-state index in [1.807, 2.05) is 6.92 Å². The Morgan fingerprint density at radius 3 is 2.68 bits per heavy atom. The van der Waals surface area contributed by atoms with Crippen molar-refractivity contribution >= 4 is 23.8 Å². The molecule has 1 heterocycles. The third-order valence-electron chi connectivity index (χ3n) is 3.20. The van der Waals surface area contributed by atoms with Crippen LogP contribution in [0.25, 0.3) is 0 Å². The molecule has 19 heavy (non-hydrogen) atoms. The first-order valence-electron chi connectivity index (χ1n) is 6.88. The highest BCUT2D eigenvalue weighted by atomic mass is 32.2. The molecule has 2 unspecified atom stereocenters. The monoisotopic (exact) mass is 288 g/mol. The molecule has 2 amide bonds. The minimum Gasteiger partial charge on any atom is -0.480 e. The Balaban J connectivity index is 2.49. The van der Waals surface area contributed by atoms with E-state index in [2.05, 4.69) is 19.2 Å². The Labute approximate surface area is 119 Å². The van der Waals surface area contributed by atoms with Crippen LogP contribution in [0.3, 0.4) is 0 Å². The highest BCUT2D eigenvalue weighted by Gasteiger charge is 2.40. The molecule has 0 radical (unpaired) electrons. The van der Waals surface area contributed by atoms with Crippen LogP contribution in [0.4, 0.5) is 4.79 Å². The van der Waals surface area contributed by atoms with Crippen LogP contribution >= 0.6 is 11.8 Å². The Hall–Kier alpha value is -0.910. The van der Waals surface area contributed by atoms with Crippen molar-refractivity contribution in [1.29, 1.82) is 0 Å².